The predicted octanol–water partition coefficient (Wildman–Crippen LogP) is 2.28. The van der Waals surface area contributed by atoms with Crippen LogP contribution in [0.4, 0.5) is 8.78 Å². The van der Waals surface area contributed by atoms with E-state index in [2.05, 4.69) is 9.73 Å². The molecular weight excluding hydrogens is 216 g/mol. The predicted molar refractivity (Wildman–Crippen MR) is 53.5 cm³/mol. The Morgan fingerprint density at radius 2 is 1.88 bits per heavy atom. The Balaban J connectivity index is 2.39. The highest BCUT2D eigenvalue weighted by molar-refractivity contribution is 6.06. The van der Waals surface area contributed by atoms with Crippen molar-refractivity contribution in [1.29, 1.82) is 0 Å². The van der Waals surface area contributed by atoms with Crippen LogP contribution in [0, 0.1) is 11.6 Å². The molecule has 3 nitrogen and oxygen atoms in total. The number of benzene rings is 1. The Morgan fingerprint density at radius 1 is 1.25 bits per heavy atom. The zero-order valence-corrected chi connectivity index (χ0v) is 8.33. The van der Waals surface area contributed by atoms with Crippen LogP contribution in [0.2, 0.25) is 0 Å². The van der Waals surface area contributed by atoms with Crippen LogP contribution in [-0.2, 0) is 9.53 Å². The van der Waals surface area contributed by atoms with E-state index < -0.39 is 17.6 Å². The Kier molecular flexibility index (Phi) is 2.52. The van der Waals surface area contributed by atoms with Gasteiger partial charge in [0.05, 0.1) is 0 Å². The first-order chi connectivity index (χ1) is 7.54. The van der Waals surface area contributed by atoms with Crippen LogP contribution >= 0.6 is 0 Å². The van der Waals surface area contributed by atoms with E-state index in [-0.39, 0.29) is 17.2 Å². The summed E-state index contributed by atoms with van der Waals surface area (Å²) in [4.78, 5) is 15.0. The van der Waals surface area contributed by atoms with E-state index in [1.807, 2.05) is 0 Å². The number of halogens is 2. The number of ether oxygens (including phenoxy) is 1. The minimum Gasteiger partial charge on any atom is -0.407 e. The summed E-state index contributed by atoms with van der Waals surface area (Å²) >= 11 is 0. The number of aliphatic imine (C=N–C) groups is 1. The summed E-state index contributed by atoms with van der Waals surface area (Å²) in [6.07, 6.45) is 1.27. The number of hydrogen-bond donors (Lipinski definition) is 0. The van der Waals surface area contributed by atoms with E-state index in [4.69, 9.17) is 0 Å². The Bertz CT molecular complexity index is 500. The quantitative estimate of drug-likeness (QED) is 0.541. The zero-order chi connectivity index (χ0) is 11.7. The van der Waals surface area contributed by atoms with Crippen molar-refractivity contribution < 1.29 is 18.3 Å². The topological polar surface area (TPSA) is 38.7 Å². The Labute approximate surface area is 90.1 Å². The monoisotopic (exact) mass is 223 g/mol. The summed E-state index contributed by atoms with van der Waals surface area (Å²) in [5, 5.41) is 0. The summed E-state index contributed by atoms with van der Waals surface area (Å²) in [5.74, 6) is -1.83. The van der Waals surface area contributed by atoms with Crippen molar-refractivity contribution in [3.05, 3.63) is 41.1 Å². The highest BCUT2D eigenvalue weighted by atomic mass is 19.1. The van der Waals surface area contributed by atoms with Gasteiger partial charge in [0, 0.05) is 13.0 Å². The number of nitrogens with zero attached hydrogens (tertiary/aromatic N) is 1. The fraction of sp³-hybridized carbons (Fsp3) is 0.0909. The lowest BCUT2D eigenvalue weighted by Gasteiger charge is -1.95. The van der Waals surface area contributed by atoms with Crippen molar-refractivity contribution in [2.24, 2.45) is 4.99 Å². The maximum atomic E-state index is 12.9. The van der Waals surface area contributed by atoms with Gasteiger partial charge in [-0.25, -0.2) is 18.6 Å². The summed E-state index contributed by atoms with van der Waals surface area (Å²) in [5.41, 5.74) is 0.255. The van der Waals surface area contributed by atoms with Gasteiger partial charge in [-0.3, -0.25) is 0 Å². The van der Waals surface area contributed by atoms with E-state index in [9.17, 15) is 13.6 Å². The number of carbonyl (C=O) groups is 1. The second-order valence-corrected chi connectivity index (χ2v) is 3.25. The average Bonchev–Trinajstić information content (AvgIpc) is 2.43. The maximum Gasteiger partial charge on any atom is 0.363 e. The van der Waals surface area contributed by atoms with E-state index in [0.717, 1.165) is 18.2 Å². The van der Waals surface area contributed by atoms with E-state index in [1.54, 1.807) is 0 Å². The minimum atomic E-state index is -0.709. The van der Waals surface area contributed by atoms with Crippen molar-refractivity contribution in [3.63, 3.8) is 0 Å². The van der Waals surface area contributed by atoms with Gasteiger partial charge >= 0.3 is 5.97 Å². The lowest BCUT2D eigenvalue weighted by Crippen LogP contribution is -1.99. The Morgan fingerprint density at radius 3 is 2.38 bits per heavy atom. The molecule has 1 aromatic rings. The molecule has 0 bridgehead atoms. The molecule has 0 radical (unpaired) electrons. The molecule has 82 valence electrons. The number of cyclic esters (lactones) is 1. The first-order valence-corrected chi connectivity index (χ1v) is 4.50. The molecule has 0 amide bonds. The highest BCUT2D eigenvalue weighted by Crippen LogP contribution is 2.16. The van der Waals surface area contributed by atoms with Gasteiger partial charge in [-0.15, -0.1) is 0 Å². The van der Waals surface area contributed by atoms with Gasteiger partial charge in [-0.1, -0.05) is 0 Å². The van der Waals surface area contributed by atoms with Crippen molar-refractivity contribution in [2.45, 2.75) is 6.92 Å². The number of hydrogen-bond acceptors (Lipinski definition) is 3. The van der Waals surface area contributed by atoms with Crippen molar-refractivity contribution in [2.75, 3.05) is 0 Å². The van der Waals surface area contributed by atoms with Crippen LogP contribution in [-0.4, -0.2) is 11.9 Å². The summed E-state index contributed by atoms with van der Waals surface area (Å²) in [6.45, 7) is 1.52. The molecule has 5 heteroatoms. The van der Waals surface area contributed by atoms with Crippen LogP contribution < -0.4 is 0 Å². The molecule has 0 fully saturated rings. The molecule has 1 aliphatic rings. The van der Waals surface area contributed by atoms with E-state index in [1.165, 1.54) is 13.0 Å². The molecule has 0 aromatic heterocycles. The Hall–Kier alpha value is -2.04. The molecule has 2 rings (SSSR count). The van der Waals surface area contributed by atoms with Gasteiger partial charge in [0.1, 0.15) is 11.6 Å². The summed E-state index contributed by atoms with van der Waals surface area (Å²) in [7, 11) is 0. The SMILES string of the molecule is CC1=NC(=Cc2cc(F)cc(F)c2)C(=O)O1. The normalized spacial score (nSPS) is 17.6. The molecule has 1 aliphatic heterocycles. The first-order valence-electron chi connectivity index (χ1n) is 4.50. The fourth-order valence-corrected chi connectivity index (χ4v) is 1.33. The number of esters is 1. The third-order valence-electron chi connectivity index (χ3n) is 1.92. The molecule has 0 unspecified atom stereocenters. The van der Waals surface area contributed by atoms with Gasteiger partial charge in [0.2, 0.25) is 0 Å². The molecule has 1 heterocycles. The van der Waals surface area contributed by atoms with Crippen LogP contribution in [0.25, 0.3) is 6.08 Å². The van der Waals surface area contributed by atoms with E-state index in [0.29, 0.717) is 0 Å². The lowest BCUT2D eigenvalue weighted by atomic mass is 10.2. The van der Waals surface area contributed by atoms with Gasteiger partial charge in [-0.05, 0) is 23.8 Å². The zero-order valence-electron chi connectivity index (χ0n) is 8.33. The molecule has 0 spiro atoms. The highest BCUT2D eigenvalue weighted by Gasteiger charge is 2.19. The van der Waals surface area contributed by atoms with Crippen molar-refractivity contribution in [1.82, 2.24) is 0 Å². The van der Waals surface area contributed by atoms with Gasteiger partial charge in [-0.2, -0.15) is 0 Å². The first kappa shape index (κ1) is 10.5. The van der Waals surface area contributed by atoms with Gasteiger partial charge in [0.25, 0.3) is 0 Å². The van der Waals surface area contributed by atoms with Crippen molar-refractivity contribution in [3.8, 4) is 0 Å². The molecule has 0 saturated heterocycles. The molecule has 0 aliphatic carbocycles. The second kappa shape index (κ2) is 3.84. The van der Waals surface area contributed by atoms with Gasteiger partial charge in [0.15, 0.2) is 11.6 Å². The van der Waals surface area contributed by atoms with Crippen LogP contribution in [0.5, 0.6) is 0 Å². The van der Waals surface area contributed by atoms with Crippen LogP contribution in [0.1, 0.15) is 12.5 Å². The molecule has 0 atom stereocenters. The number of carbonyl (C=O) groups excluding carboxylic acids is 1. The van der Waals surface area contributed by atoms with Crippen LogP contribution in [0.15, 0.2) is 28.9 Å². The molecule has 1 aromatic carbocycles. The molecule has 16 heavy (non-hydrogen) atoms. The third-order valence-corrected chi connectivity index (χ3v) is 1.92. The van der Waals surface area contributed by atoms with Gasteiger partial charge < -0.3 is 4.74 Å². The second-order valence-electron chi connectivity index (χ2n) is 3.25. The number of rotatable bonds is 1. The largest absolute Gasteiger partial charge is 0.407 e. The smallest absolute Gasteiger partial charge is 0.363 e. The molecule has 0 saturated carbocycles. The molecule has 0 N–H and O–H groups in total. The van der Waals surface area contributed by atoms with E-state index >= 15 is 0 Å². The molecular formula is C11H7F2NO2. The maximum absolute atomic E-state index is 12.9. The summed E-state index contributed by atoms with van der Waals surface area (Å²) in [6, 6.07) is 2.96. The average molecular weight is 223 g/mol. The summed E-state index contributed by atoms with van der Waals surface area (Å²) < 4.78 is 30.4. The third kappa shape index (κ3) is 2.13. The fourth-order valence-electron chi connectivity index (χ4n) is 1.33. The van der Waals surface area contributed by atoms with Crippen LogP contribution in [0.3, 0.4) is 0 Å². The standard InChI is InChI=1S/C11H7F2NO2/c1-6-14-10(11(15)16-6)4-7-2-8(12)5-9(13)3-7/h2-5H,1H3. The lowest BCUT2D eigenvalue weighted by molar-refractivity contribution is -0.130. The van der Waals surface area contributed by atoms with Crippen molar-refractivity contribution >= 4 is 17.9 Å². The minimum absolute atomic E-state index is 0.0301.